The van der Waals surface area contributed by atoms with E-state index in [1.54, 1.807) is 7.11 Å². The van der Waals surface area contributed by atoms with E-state index in [9.17, 15) is 4.79 Å². The number of esters is 1. The van der Waals surface area contributed by atoms with Crippen LogP contribution in [0.5, 0.6) is 0 Å². The van der Waals surface area contributed by atoms with Crippen LogP contribution in [0.2, 0.25) is 0 Å². The molecule has 0 saturated heterocycles. The minimum absolute atomic E-state index is 0.00172. The summed E-state index contributed by atoms with van der Waals surface area (Å²) >= 11 is 6.96. The standard InChI is InChI=1S/C21H33ClO2/c1-18-9-5-10-19(2,17(23)24-4)15(18)8-11-21-12-14(6-7-16(18)21)20(3,22)13-21/h14-16H,5-13H2,1-4H3/t14-,15+,16+,18-,19-,20-,21+/m1/s1. The maximum Gasteiger partial charge on any atom is 0.311 e. The predicted octanol–water partition coefficient (Wildman–Crippen LogP) is 5.57. The minimum Gasteiger partial charge on any atom is -0.469 e. The van der Waals surface area contributed by atoms with E-state index in [2.05, 4.69) is 20.8 Å². The van der Waals surface area contributed by atoms with Crippen LogP contribution in [0, 0.1) is 34.0 Å². The molecule has 1 spiro atoms. The fourth-order valence-electron chi connectivity index (χ4n) is 8.23. The van der Waals surface area contributed by atoms with Crippen LogP contribution >= 0.6 is 11.6 Å². The lowest BCUT2D eigenvalue weighted by molar-refractivity contribution is -0.183. The van der Waals surface area contributed by atoms with E-state index in [-0.39, 0.29) is 21.7 Å². The number of ether oxygens (including phenoxy) is 1. The lowest BCUT2D eigenvalue weighted by atomic mass is 9.41. The molecular formula is C21H33ClO2. The molecule has 4 rings (SSSR count). The van der Waals surface area contributed by atoms with Crippen molar-refractivity contribution in [1.29, 1.82) is 0 Å². The highest BCUT2D eigenvalue weighted by molar-refractivity contribution is 6.24. The second-order valence-electron chi connectivity index (χ2n) is 10.2. The van der Waals surface area contributed by atoms with E-state index >= 15 is 0 Å². The van der Waals surface area contributed by atoms with Gasteiger partial charge in [-0.2, -0.15) is 0 Å². The number of rotatable bonds is 1. The van der Waals surface area contributed by atoms with E-state index < -0.39 is 0 Å². The Hall–Kier alpha value is -0.240. The summed E-state index contributed by atoms with van der Waals surface area (Å²) in [5, 5.41) is 0. The average molecular weight is 353 g/mol. The molecule has 24 heavy (non-hydrogen) atoms. The minimum atomic E-state index is -0.289. The van der Waals surface area contributed by atoms with Gasteiger partial charge in [0.25, 0.3) is 0 Å². The number of alkyl halides is 1. The summed E-state index contributed by atoms with van der Waals surface area (Å²) in [5.74, 6) is 1.94. The largest absolute Gasteiger partial charge is 0.469 e. The first-order valence-corrected chi connectivity index (χ1v) is 10.3. The highest BCUT2D eigenvalue weighted by Gasteiger charge is 2.67. The molecular weight excluding hydrogens is 320 g/mol. The molecule has 4 aliphatic rings. The number of carbonyl (C=O) groups is 1. The summed E-state index contributed by atoms with van der Waals surface area (Å²) in [4.78, 5) is 12.7. The predicted molar refractivity (Wildman–Crippen MR) is 96.9 cm³/mol. The van der Waals surface area contributed by atoms with Crippen molar-refractivity contribution < 1.29 is 9.53 Å². The Kier molecular flexibility index (Phi) is 3.69. The molecule has 0 aromatic carbocycles. The van der Waals surface area contributed by atoms with Gasteiger partial charge >= 0.3 is 5.97 Å². The molecule has 0 aromatic rings. The third-order valence-corrected chi connectivity index (χ3v) is 9.54. The number of methoxy groups -OCH3 is 1. The van der Waals surface area contributed by atoms with Crippen molar-refractivity contribution in [2.24, 2.45) is 34.0 Å². The fourth-order valence-corrected chi connectivity index (χ4v) is 8.68. The fraction of sp³-hybridized carbons (Fsp3) is 0.952. The van der Waals surface area contributed by atoms with Crippen LogP contribution in [0.25, 0.3) is 0 Å². The van der Waals surface area contributed by atoms with Gasteiger partial charge in [0.1, 0.15) is 0 Å². The molecule has 0 N–H and O–H groups in total. The Morgan fingerprint density at radius 1 is 1.04 bits per heavy atom. The number of carbonyl (C=O) groups excluding carboxylic acids is 1. The molecule has 4 aliphatic carbocycles. The Balaban J connectivity index is 1.72. The summed E-state index contributed by atoms with van der Waals surface area (Å²) in [5.41, 5.74) is 0.434. The maximum absolute atomic E-state index is 12.7. The van der Waals surface area contributed by atoms with E-state index in [0.29, 0.717) is 17.3 Å². The van der Waals surface area contributed by atoms with Crippen molar-refractivity contribution in [2.75, 3.05) is 7.11 Å². The lowest BCUT2D eigenvalue weighted by Gasteiger charge is -2.63. The summed E-state index contributed by atoms with van der Waals surface area (Å²) in [6, 6.07) is 0. The van der Waals surface area contributed by atoms with Crippen LogP contribution in [0.1, 0.15) is 78.6 Å². The normalized spacial score (nSPS) is 56.3. The second kappa shape index (κ2) is 5.15. The van der Waals surface area contributed by atoms with E-state index in [1.807, 2.05) is 0 Å². The topological polar surface area (TPSA) is 26.3 Å². The number of hydrogen-bond donors (Lipinski definition) is 0. The summed E-state index contributed by atoms with van der Waals surface area (Å²) in [6.45, 7) is 6.98. The average Bonchev–Trinajstić information content (AvgIpc) is 2.70. The molecule has 2 nitrogen and oxygen atoms in total. The molecule has 3 heteroatoms. The Labute approximate surface area is 152 Å². The van der Waals surface area contributed by atoms with Crippen molar-refractivity contribution in [2.45, 2.75) is 83.4 Å². The van der Waals surface area contributed by atoms with Gasteiger partial charge in [-0.3, -0.25) is 4.79 Å². The molecule has 4 saturated carbocycles. The molecule has 2 bridgehead atoms. The van der Waals surface area contributed by atoms with Crippen LogP contribution in [0.15, 0.2) is 0 Å². The van der Waals surface area contributed by atoms with Crippen molar-refractivity contribution in [3.63, 3.8) is 0 Å². The van der Waals surface area contributed by atoms with Crippen LogP contribution < -0.4 is 0 Å². The molecule has 0 unspecified atom stereocenters. The first-order chi connectivity index (χ1) is 11.2. The molecule has 0 amide bonds. The summed E-state index contributed by atoms with van der Waals surface area (Å²) < 4.78 is 5.26. The third kappa shape index (κ3) is 2.04. The number of halogens is 1. The van der Waals surface area contributed by atoms with Gasteiger partial charge in [-0.05, 0) is 93.8 Å². The van der Waals surface area contributed by atoms with Gasteiger partial charge in [0.2, 0.25) is 0 Å². The van der Waals surface area contributed by atoms with Crippen LogP contribution in [0.3, 0.4) is 0 Å². The smallest absolute Gasteiger partial charge is 0.311 e. The van der Waals surface area contributed by atoms with E-state index in [0.717, 1.165) is 18.8 Å². The summed E-state index contributed by atoms with van der Waals surface area (Å²) in [7, 11) is 1.56. The van der Waals surface area contributed by atoms with Crippen molar-refractivity contribution in [3.05, 3.63) is 0 Å². The van der Waals surface area contributed by atoms with Crippen molar-refractivity contribution >= 4 is 17.6 Å². The molecule has 0 heterocycles. The zero-order valence-corrected chi connectivity index (χ0v) is 16.5. The van der Waals surface area contributed by atoms with Crippen LogP contribution in [-0.4, -0.2) is 18.0 Å². The zero-order chi connectivity index (χ0) is 17.4. The molecule has 136 valence electrons. The van der Waals surface area contributed by atoms with Gasteiger partial charge in [0.05, 0.1) is 12.5 Å². The maximum atomic E-state index is 12.7. The zero-order valence-electron chi connectivity index (χ0n) is 15.8. The van der Waals surface area contributed by atoms with E-state index in [1.165, 1.54) is 44.9 Å². The first-order valence-electron chi connectivity index (χ1n) is 9.95. The number of fused-ring (bicyclic) bond motifs is 3. The highest BCUT2D eigenvalue weighted by atomic mass is 35.5. The van der Waals surface area contributed by atoms with Crippen LogP contribution in [-0.2, 0) is 9.53 Å². The quantitative estimate of drug-likeness (QED) is 0.455. The molecule has 0 radical (unpaired) electrons. The molecule has 0 aromatic heterocycles. The van der Waals surface area contributed by atoms with Gasteiger partial charge in [-0.15, -0.1) is 11.6 Å². The molecule has 7 atom stereocenters. The van der Waals surface area contributed by atoms with Gasteiger partial charge in [0.15, 0.2) is 0 Å². The number of hydrogen-bond acceptors (Lipinski definition) is 2. The SMILES string of the molecule is COC(=O)[C@]1(C)CCC[C@@]2(C)[C@@H]3CC[C@@H]4C[C@@]3(CC[C@@H]21)C[C@@]4(C)Cl. The van der Waals surface area contributed by atoms with Crippen LogP contribution in [0.4, 0.5) is 0 Å². The first kappa shape index (κ1) is 17.2. The van der Waals surface area contributed by atoms with E-state index in [4.69, 9.17) is 16.3 Å². The van der Waals surface area contributed by atoms with Gasteiger partial charge < -0.3 is 4.74 Å². The highest BCUT2D eigenvalue weighted by Crippen LogP contribution is 2.73. The lowest BCUT2D eigenvalue weighted by Crippen LogP contribution is -2.58. The monoisotopic (exact) mass is 352 g/mol. The van der Waals surface area contributed by atoms with Crippen molar-refractivity contribution in [3.8, 4) is 0 Å². The second-order valence-corrected chi connectivity index (χ2v) is 11.1. The third-order valence-electron chi connectivity index (χ3n) is 9.10. The summed E-state index contributed by atoms with van der Waals surface area (Å²) in [6.07, 6.45) is 11.0. The molecule has 0 aliphatic heterocycles. The molecule has 4 fully saturated rings. The Bertz CT molecular complexity index is 558. The Morgan fingerprint density at radius 2 is 1.79 bits per heavy atom. The van der Waals surface area contributed by atoms with Gasteiger partial charge in [-0.25, -0.2) is 0 Å². The van der Waals surface area contributed by atoms with Gasteiger partial charge in [-0.1, -0.05) is 13.3 Å². The van der Waals surface area contributed by atoms with Gasteiger partial charge in [0, 0.05) is 4.87 Å². The van der Waals surface area contributed by atoms with Crippen molar-refractivity contribution in [1.82, 2.24) is 0 Å². The Morgan fingerprint density at radius 3 is 2.50 bits per heavy atom.